The number of phenolic OH excluding ortho intramolecular Hbond substituents is 1. The Bertz CT molecular complexity index is 763. The molecule has 0 bridgehead atoms. The first-order valence-electron chi connectivity index (χ1n) is 8.60. The molecule has 0 aliphatic heterocycles. The molecule has 138 valence electrons. The molecule has 2 aromatic rings. The second-order valence-electron chi connectivity index (χ2n) is 7.10. The molecule has 0 aliphatic rings. The number of hydrogen-bond acceptors (Lipinski definition) is 4. The van der Waals surface area contributed by atoms with Gasteiger partial charge in [0, 0.05) is 18.5 Å². The predicted molar refractivity (Wildman–Crippen MR) is 99.9 cm³/mol. The Morgan fingerprint density at radius 3 is 2.42 bits per heavy atom. The number of benzene rings is 2. The van der Waals surface area contributed by atoms with E-state index in [2.05, 4.69) is 5.32 Å². The van der Waals surface area contributed by atoms with Gasteiger partial charge in [0.05, 0.1) is 0 Å². The molecule has 0 atom stereocenters. The van der Waals surface area contributed by atoms with Crippen molar-refractivity contribution in [1.29, 1.82) is 0 Å². The van der Waals surface area contributed by atoms with Crippen molar-refractivity contribution in [2.75, 3.05) is 0 Å². The molecule has 0 aromatic heterocycles. The summed E-state index contributed by atoms with van der Waals surface area (Å²) in [5, 5.41) is 12.6. The lowest BCUT2D eigenvalue weighted by Crippen LogP contribution is -2.25. The van der Waals surface area contributed by atoms with Crippen LogP contribution in [0.25, 0.3) is 0 Å². The molecule has 0 fully saturated rings. The molecular formula is C21H25NO4. The van der Waals surface area contributed by atoms with E-state index in [4.69, 9.17) is 4.74 Å². The smallest absolute Gasteiger partial charge is 0.306 e. The maximum Gasteiger partial charge on any atom is 0.306 e. The van der Waals surface area contributed by atoms with Gasteiger partial charge in [-0.25, -0.2) is 0 Å². The number of carbonyl (C=O) groups excluding carboxylic acids is 2. The summed E-state index contributed by atoms with van der Waals surface area (Å²) in [4.78, 5) is 24.4. The fraction of sp³-hybridized carbons (Fsp3) is 0.333. The van der Waals surface area contributed by atoms with Crippen molar-refractivity contribution in [1.82, 2.24) is 5.32 Å². The predicted octanol–water partition coefficient (Wildman–Crippen LogP) is 3.60. The largest absolute Gasteiger partial charge is 0.508 e. The van der Waals surface area contributed by atoms with Crippen molar-refractivity contribution < 1.29 is 19.4 Å². The summed E-state index contributed by atoms with van der Waals surface area (Å²) >= 11 is 0. The van der Waals surface area contributed by atoms with E-state index >= 15 is 0 Å². The molecule has 1 amide bonds. The van der Waals surface area contributed by atoms with Crippen LogP contribution in [-0.2, 0) is 22.5 Å². The lowest BCUT2D eigenvalue weighted by Gasteiger charge is -2.19. The number of rotatable bonds is 6. The van der Waals surface area contributed by atoms with Gasteiger partial charge in [-0.3, -0.25) is 9.59 Å². The Kier molecular flexibility index (Phi) is 6.39. The zero-order chi connectivity index (χ0) is 19.2. The van der Waals surface area contributed by atoms with Crippen LogP contribution in [0.15, 0.2) is 48.5 Å². The summed E-state index contributed by atoms with van der Waals surface area (Å²) in [7, 11) is 0. The molecule has 5 nitrogen and oxygen atoms in total. The first-order valence-corrected chi connectivity index (χ1v) is 8.60. The van der Waals surface area contributed by atoms with Crippen LogP contribution in [0.4, 0.5) is 0 Å². The van der Waals surface area contributed by atoms with Gasteiger partial charge < -0.3 is 15.2 Å². The molecule has 0 saturated carbocycles. The van der Waals surface area contributed by atoms with Crippen molar-refractivity contribution in [3.63, 3.8) is 0 Å². The number of carbonyl (C=O) groups is 2. The van der Waals surface area contributed by atoms with Crippen LogP contribution in [0.1, 0.15) is 48.7 Å². The van der Waals surface area contributed by atoms with E-state index < -0.39 is 5.60 Å². The molecule has 2 aromatic carbocycles. The van der Waals surface area contributed by atoms with Crippen molar-refractivity contribution in [3.8, 4) is 5.75 Å². The Hall–Kier alpha value is -2.82. The molecule has 2 rings (SSSR count). The van der Waals surface area contributed by atoms with E-state index in [-0.39, 0.29) is 24.0 Å². The van der Waals surface area contributed by atoms with Crippen LogP contribution in [0.3, 0.4) is 0 Å². The summed E-state index contributed by atoms with van der Waals surface area (Å²) in [5.74, 6) is -0.596. The Morgan fingerprint density at radius 1 is 1.08 bits per heavy atom. The van der Waals surface area contributed by atoms with Gasteiger partial charge in [-0.1, -0.05) is 36.4 Å². The minimum absolute atomic E-state index is 0.0101. The summed E-state index contributed by atoms with van der Waals surface area (Å²) in [6.07, 6.45) is 0.532. The quantitative estimate of drug-likeness (QED) is 0.777. The number of nitrogens with one attached hydrogen (secondary N) is 1. The lowest BCUT2D eigenvalue weighted by atomic mass is 10.0. The third kappa shape index (κ3) is 6.24. The molecule has 0 saturated heterocycles. The highest BCUT2D eigenvalue weighted by Crippen LogP contribution is 2.19. The first-order chi connectivity index (χ1) is 12.2. The standard InChI is InChI=1S/C21H25NO4/c1-21(2,3)26-19(24)12-10-16-9-11-17(23)13-18(16)20(25)22-14-15-7-5-4-6-8-15/h4-9,11,13,23H,10,12,14H2,1-3H3,(H,22,25). The molecule has 2 N–H and O–H groups in total. The van der Waals surface area contributed by atoms with Gasteiger partial charge >= 0.3 is 5.97 Å². The maximum absolute atomic E-state index is 12.5. The van der Waals surface area contributed by atoms with Crippen LogP contribution in [0, 0.1) is 0 Å². The number of aromatic hydroxyl groups is 1. The van der Waals surface area contributed by atoms with Gasteiger partial charge in [-0.15, -0.1) is 0 Å². The third-order valence-electron chi connectivity index (χ3n) is 3.65. The summed E-state index contributed by atoms with van der Waals surface area (Å²) < 4.78 is 5.30. The second kappa shape index (κ2) is 8.52. The number of phenols is 1. The van der Waals surface area contributed by atoms with Crippen LogP contribution in [0.2, 0.25) is 0 Å². The second-order valence-corrected chi connectivity index (χ2v) is 7.10. The van der Waals surface area contributed by atoms with Gasteiger partial charge in [0.15, 0.2) is 0 Å². The zero-order valence-electron chi connectivity index (χ0n) is 15.4. The van der Waals surface area contributed by atoms with Crippen molar-refractivity contribution >= 4 is 11.9 Å². The number of hydrogen-bond donors (Lipinski definition) is 2. The zero-order valence-corrected chi connectivity index (χ0v) is 15.4. The van der Waals surface area contributed by atoms with E-state index in [1.807, 2.05) is 51.1 Å². The average Bonchev–Trinajstić information content (AvgIpc) is 2.58. The Labute approximate surface area is 154 Å². The van der Waals surface area contributed by atoms with Gasteiger partial charge in [-0.05, 0) is 50.5 Å². The van der Waals surface area contributed by atoms with Crippen LogP contribution < -0.4 is 5.32 Å². The SMILES string of the molecule is CC(C)(C)OC(=O)CCc1ccc(O)cc1C(=O)NCc1ccccc1. The summed E-state index contributed by atoms with van der Waals surface area (Å²) in [6.45, 7) is 5.83. The lowest BCUT2D eigenvalue weighted by molar-refractivity contribution is -0.154. The maximum atomic E-state index is 12.5. The van der Waals surface area contributed by atoms with Crippen LogP contribution in [0.5, 0.6) is 5.75 Å². The molecule has 0 radical (unpaired) electrons. The van der Waals surface area contributed by atoms with Gasteiger partial charge in [0.1, 0.15) is 11.4 Å². The van der Waals surface area contributed by atoms with E-state index in [0.29, 0.717) is 24.1 Å². The molecule has 0 heterocycles. The number of ether oxygens (including phenoxy) is 1. The topological polar surface area (TPSA) is 75.6 Å². The Balaban J connectivity index is 2.04. The van der Waals surface area contributed by atoms with Gasteiger partial charge in [0.2, 0.25) is 0 Å². The van der Waals surface area contributed by atoms with Crippen LogP contribution >= 0.6 is 0 Å². The minimum Gasteiger partial charge on any atom is -0.508 e. The molecular weight excluding hydrogens is 330 g/mol. The molecule has 0 aliphatic carbocycles. The molecule has 5 heteroatoms. The fourth-order valence-electron chi connectivity index (χ4n) is 2.50. The van der Waals surface area contributed by atoms with E-state index in [0.717, 1.165) is 5.56 Å². The van der Waals surface area contributed by atoms with E-state index in [1.165, 1.54) is 12.1 Å². The van der Waals surface area contributed by atoms with E-state index in [1.54, 1.807) is 6.07 Å². The van der Waals surface area contributed by atoms with Crippen molar-refractivity contribution in [2.24, 2.45) is 0 Å². The number of esters is 1. The highest BCUT2D eigenvalue weighted by atomic mass is 16.6. The number of amides is 1. The number of aryl methyl sites for hydroxylation is 1. The van der Waals surface area contributed by atoms with E-state index in [9.17, 15) is 14.7 Å². The van der Waals surface area contributed by atoms with Crippen molar-refractivity contribution in [2.45, 2.75) is 45.8 Å². The monoisotopic (exact) mass is 355 g/mol. The van der Waals surface area contributed by atoms with Crippen LogP contribution in [-0.4, -0.2) is 22.6 Å². The van der Waals surface area contributed by atoms with Gasteiger partial charge in [0.25, 0.3) is 5.91 Å². The molecule has 0 spiro atoms. The van der Waals surface area contributed by atoms with Crippen molar-refractivity contribution in [3.05, 3.63) is 65.2 Å². The first kappa shape index (κ1) is 19.5. The Morgan fingerprint density at radius 2 is 1.77 bits per heavy atom. The summed E-state index contributed by atoms with van der Waals surface area (Å²) in [5.41, 5.74) is 1.50. The molecule has 26 heavy (non-hydrogen) atoms. The highest BCUT2D eigenvalue weighted by molar-refractivity contribution is 5.96. The van der Waals surface area contributed by atoms with Gasteiger partial charge in [-0.2, -0.15) is 0 Å². The normalized spacial score (nSPS) is 11.0. The third-order valence-corrected chi connectivity index (χ3v) is 3.65. The highest BCUT2D eigenvalue weighted by Gasteiger charge is 2.18. The average molecular weight is 355 g/mol. The molecule has 0 unspecified atom stereocenters. The minimum atomic E-state index is -0.540. The summed E-state index contributed by atoms with van der Waals surface area (Å²) in [6, 6.07) is 14.2. The fourth-order valence-corrected chi connectivity index (χ4v) is 2.50.